The third-order valence-electron chi connectivity index (χ3n) is 4.38. The minimum Gasteiger partial charge on any atom is -0.325 e. The fourth-order valence-corrected chi connectivity index (χ4v) is 4.72. The highest BCUT2D eigenvalue weighted by atomic mass is 127. The molecule has 0 spiro atoms. The molecule has 0 saturated heterocycles. The molecule has 0 amide bonds. The minimum atomic E-state index is 0.594. The van der Waals surface area contributed by atoms with Gasteiger partial charge in [-0.15, -0.1) is 11.6 Å². The summed E-state index contributed by atoms with van der Waals surface area (Å²) >= 11 is 10.4. The number of halogens is 2. The van der Waals surface area contributed by atoms with Gasteiger partial charge in [0.2, 0.25) is 0 Å². The van der Waals surface area contributed by atoms with E-state index in [4.69, 9.17) is 16.6 Å². The number of fused-ring (bicyclic) bond motifs is 1. The maximum atomic E-state index is 5.99. The largest absolute Gasteiger partial charge is 0.325 e. The van der Waals surface area contributed by atoms with Crippen LogP contribution in [0.15, 0.2) is 18.2 Å². The Morgan fingerprint density at radius 1 is 1.33 bits per heavy atom. The SMILES string of the molecule is CSC1CCC(n2c(CCCl)nc3cc(I)ccc32)CC1. The zero-order chi connectivity index (χ0) is 14.8. The highest BCUT2D eigenvalue weighted by molar-refractivity contribution is 14.1. The van der Waals surface area contributed by atoms with E-state index in [1.807, 2.05) is 11.8 Å². The molecule has 3 rings (SSSR count). The summed E-state index contributed by atoms with van der Waals surface area (Å²) < 4.78 is 3.72. The number of aromatic nitrogens is 2. The molecule has 0 bridgehead atoms. The summed E-state index contributed by atoms with van der Waals surface area (Å²) in [6, 6.07) is 7.18. The molecule has 1 fully saturated rings. The van der Waals surface area contributed by atoms with Crippen molar-refractivity contribution in [1.29, 1.82) is 0 Å². The average molecular weight is 435 g/mol. The zero-order valence-electron chi connectivity index (χ0n) is 12.2. The van der Waals surface area contributed by atoms with Crippen molar-refractivity contribution >= 4 is 57.0 Å². The first-order valence-corrected chi connectivity index (χ1v) is 10.4. The lowest BCUT2D eigenvalue weighted by atomic mass is 9.94. The van der Waals surface area contributed by atoms with Gasteiger partial charge >= 0.3 is 0 Å². The van der Waals surface area contributed by atoms with Crippen LogP contribution in [-0.4, -0.2) is 26.9 Å². The Hall–Kier alpha value is 0.0600. The van der Waals surface area contributed by atoms with Crippen LogP contribution in [-0.2, 0) is 6.42 Å². The van der Waals surface area contributed by atoms with Gasteiger partial charge in [0.1, 0.15) is 5.82 Å². The minimum absolute atomic E-state index is 0.594. The van der Waals surface area contributed by atoms with E-state index >= 15 is 0 Å². The van der Waals surface area contributed by atoms with Crippen LogP contribution < -0.4 is 0 Å². The van der Waals surface area contributed by atoms with Crippen molar-refractivity contribution in [3.63, 3.8) is 0 Å². The maximum Gasteiger partial charge on any atom is 0.111 e. The standard InChI is InChI=1S/C16H20ClIN2S/c1-21-13-5-3-12(4-6-13)20-15-7-2-11(18)10-14(15)19-16(20)8-9-17/h2,7,10,12-13H,3-6,8-9H2,1H3. The lowest BCUT2D eigenvalue weighted by molar-refractivity contribution is 0.359. The van der Waals surface area contributed by atoms with Crippen LogP contribution in [0.5, 0.6) is 0 Å². The molecule has 0 unspecified atom stereocenters. The van der Waals surface area contributed by atoms with Crippen molar-refractivity contribution in [2.75, 3.05) is 12.1 Å². The van der Waals surface area contributed by atoms with Gasteiger partial charge in [0, 0.05) is 27.2 Å². The molecule has 5 heteroatoms. The Balaban J connectivity index is 1.97. The quantitative estimate of drug-likeness (QED) is 0.482. The second-order valence-corrected chi connectivity index (χ2v) is 8.40. The smallest absolute Gasteiger partial charge is 0.111 e. The summed E-state index contributed by atoms with van der Waals surface area (Å²) in [5.41, 5.74) is 2.40. The summed E-state index contributed by atoms with van der Waals surface area (Å²) in [4.78, 5) is 4.85. The number of aryl methyl sites for hydroxylation is 1. The van der Waals surface area contributed by atoms with Gasteiger partial charge in [0.05, 0.1) is 11.0 Å². The lowest BCUT2D eigenvalue weighted by Crippen LogP contribution is -2.21. The molecule has 2 nitrogen and oxygen atoms in total. The predicted octanol–water partition coefficient (Wildman–Crippen LogP) is 5.27. The van der Waals surface area contributed by atoms with Crippen LogP contribution in [0, 0.1) is 3.57 Å². The van der Waals surface area contributed by atoms with Crippen molar-refractivity contribution in [3.8, 4) is 0 Å². The number of benzene rings is 1. The van der Waals surface area contributed by atoms with Crippen molar-refractivity contribution in [3.05, 3.63) is 27.6 Å². The van der Waals surface area contributed by atoms with Crippen LogP contribution in [0.4, 0.5) is 0 Å². The van der Waals surface area contributed by atoms with E-state index in [2.05, 4.69) is 51.6 Å². The number of alkyl halides is 1. The van der Waals surface area contributed by atoms with Crippen molar-refractivity contribution in [2.45, 2.75) is 43.4 Å². The van der Waals surface area contributed by atoms with Crippen molar-refractivity contribution < 1.29 is 0 Å². The molecular weight excluding hydrogens is 415 g/mol. The van der Waals surface area contributed by atoms with Crippen LogP contribution >= 0.6 is 46.0 Å². The Labute approximate surface area is 149 Å². The first-order chi connectivity index (χ1) is 10.2. The van der Waals surface area contributed by atoms with Gasteiger partial charge in [0.15, 0.2) is 0 Å². The molecule has 114 valence electrons. The summed E-state index contributed by atoms with van der Waals surface area (Å²) in [7, 11) is 0. The van der Waals surface area contributed by atoms with E-state index < -0.39 is 0 Å². The number of imidazole rings is 1. The fraction of sp³-hybridized carbons (Fsp3) is 0.562. The summed E-state index contributed by atoms with van der Waals surface area (Å²) in [6.45, 7) is 0. The summed E-state index contributed by atoms with van der Waals surface area (Å²) in [6.07, 6.45) is 8.25. The highest BCUT2D eigenvalue weighted by Crippen LogP contribution is 2.36. The number of hydrogen-bond acceptors (Lipinski definition) is 2. The average Bonchev–Trinajstić information content (AvgIpc) is 2.85. The van der Waals surface area contributed by atoms with Crippen molar-refractivity contribution in [1.82, 2.24) is 9.55 Å². The summed E-state index contributed by atoms with van der Waals surface area (Å²) in [5, 5.41) is 0.841. The van der Waals surface area contributed by atoms with E-state index in [1.165, 1.54) is 34.8 Å². The normalized spacial score (nSPS) is 22.8. The number of nitrogens with zero attached hydrogens (tertiary/aromatic N) is 2. The third-order valence-corrected chi connectivity index (χ3v) is 6.38. The Kier molecular flexibility index (Phi) is 5.38. The molecular formula is C16H20ClIN2S. The molecule has 1 aliphatic rings. The monoisotopic (exact) mass is 434 g/mol. The highest BCUT2D eigenvalue weighted by Gasteiger charge is 2.25. The number of rotatable bonds is 4. The van der Waals surface area contributed by atoms with Crippen LogP contribution in [0.2, 0.25) is 0 Å². The summed E-state index contributed by atoms with van der Waals surface area (Å²) in [5.74, 6) is 1.80. The molecule has 1 saturated carbocycles. The second kappa shape index (κ2) is 7.09. The van der Waals surface area contributed by atoms with E-state index in [1.54, 1.807) is 0 Å². The van der Waals surface area contributed by atoms with Crippen LogP contribution in [0.1, 0.15) is 37.5 Å². The van der Waals surface area contributed by atoms with Gasteiger partial charge in [-0.2, -0.15) is 11.8 Å². The predicted molar refractivity (Wildman–Crippen MR) is 102 cm³/mol. The van der Waals surface area contributed by atoms with Gasteiger partial charge < -0.3 is 4.57 Å². The molecule has 1 heterocycles. The molecule has 0 N–H and O–H groups in total. The molecule has 0 aliphatic heterocycles. The van der Waals surface area contributed by atoms with Crippen molar-refractivity contribution in [2.24, 2.45) is 0 Å². The lowest BCUT2D eigenvalue weighted by Gasteiger charge is -2.30. The topological polar surface area (TPSA) is 17.8 Å². The van der Waals surface area contributed by atoms with E-state index in [0.29, 0.717) is 11.9 Å². The van der Waals surface area contributed by atoms with Gasteiger partial charge in [-0.25, -0.2) is 4.98 Å². The Morgan fingerprint density at radius 3 is 2.76 bits per heavy atom. The van der Waals surface area contributed by atoms with E-state index in [-0.39, 0.29) is 0 Å². The molecule has 1 aromatic carbocycles. The Morgan fingerprint density at radius 2 is 2.10 bits per heavy atom. The molecule has 21 heavy (non-hydrogen) atoms. The van der Waals surface area contributed by atoms with Crippen LogP contribution in [0.25, 0.3) is 11.0 Å². The first-order valence-electron chi connectivity index (χ1n) is 7.48. The molecule has 0 radical (unpaired) electrons. The number of thioether (sulfide) groups is 1. The molecule has 1 aromatic heterocycles. The molecule has 1 aliphatic carbocycles. The van der Waals surface area contributed by atoms with E-state index in [9.17, 15) is 0 Å². The van der Waals surface area contributed by atoms with Crippen LogP contribution in [0.3, 0.4) is 0 Å². The molecule has 2 aromatic rings. The first kappa shape index (κ1) is 15.9. The number of hydrogen-bond donors (Lipinski definition) is 0. The van der Waals surface area contributed by atoms with Gasteiger partial charge in [-0.1, -0.05) is 0 Å². The zero-order valence-corrected chi connectivity index (χ0v) is 15.9. The third kappa shape index (κ3) is 3.37. The fourth-order valence-electron chi connectivity index (χ4n) is 3.33. The van der Waals surface area contributed by atoms with Gasteiger partial charge in [0.25, 0.3) is 0 Å². The molecule has 0 atom stereocenters. The van der Waals surface area contributed by atoms with Gasteiger partial charge in [-0.05, 0) is 72.7 Å². The van der Waals surface area contributed by atoms with E-state index in [0.717, 1.165) is 23.0 Å². The van der Waals surface area contributed by atoms with Gasteiger partial charge in [-0.3, -0.25) is 0 Å². The maximum absolute atomic E-state index is 5.99. The Bertz CT molecular complexity index is 620. The second-order valence-electron chi connectivity index (χ2n) is 5.64.